The van der Waals surface area contributed by atoms with Crippen LogP contribution in [0.3, 0.4) is 0 Å². The van der Waals surface area contributed by atoms with E-state index < -0.39 is 5.69 Å². The van der Waals surface area contributed by atoms with E-state index in [1.807, 2.05) is 37.2 Å². The van der Waals surface area contributed by atoms with Gasteiger partial charge in [0.2, 0.25) is 0 Å². The van der Waals surface area contributed by atoms with E-state index >= 15 is 0 Å². The summed E-state index contributed by atoms with van der Waals surface area (Å²) >= 11 is 0. The van der Waals surface area contributed by atoms with E-state index in [0.717, 1.165) is 31.4 Å². The lowest BCUT2D eigenvalue weighted by molar-refractivity contribution is 0.553. The van der Waals surface area contributed by atoms with Crippen molar-refractivity contribution in [1.82, 2.24) is 19.5 Å². The Labute approximate surface area is 145 Å². The number of H-pyrrole nitrogens is 1. The number of hydrogen-bond donors (Lipinski definition) is 1. The Morgan fingerprint density at radius 3 is 2.60 bits per heavy atom. The van der Waals surface area contributed by atoms with E-state index in [2.05, 4.69) is 21.9 Å². The molecule has 0 atom stereocenters. The number of aromatic amines is 1. The van der Waals surface area contributed by atoms with Crippen LogP contribution in [0.1, 0.15) is 32.6 Å². The predicted molar refractivity (Wildman–Crippen MR) is 100 cm³/mol. The Kier molecular flexibility index (Phi) is 4.83. The lowest BCUT2D eigenvalue weighted by Gasteiger charge is -2.12. The molecule has 2 aromatic heterocycles. The topological polar surface area (TPSA) is 83.9 Å². The molecule has 0 saturated heterocycles. The van der Waals surface area contributed by atoms with Crippen LogP contribution in [0.2, 0.25) is 0 Å². The first-order valence-corrected chi connectivity index (χ1v) is 8.63. The Morgan fingerprint density at radius 1 is 1.08 bits per heavy atom. The second kappa shape index (κ2) is 7.04. The van der Waals surface area contributed by atoms with Crippen molar-refractivity contribution in [2.45, 2.75) is 39.2 Å². The van der Waals surface area contributed by atoms with Gasteiger partial charge in [-0.2, -0.15) is 0 Å². The van der Waals surface area contributed by atoms with Gasteiger partial charge < -0.3 is 4.90 Å². The molecule has 0 fully saturated rings. The Hall–Kier alpha value is -2.70. The van der Waals surface area contributed by atoms with Gasteiger partial charge >= 0.3 is 5.69 Å². The fourth-order valence-electron chi connectivity index (χ4n) is 2.85. The van der Waals surface area contributed by atoms with Crippen molar-refractivity contribution in [2.75, 3.05) is 19.0 Å². The van der Waals surface area contributed by atoms with Gasteiger partial charge in [0.05, 0.1) is 11.0 Å². The van der Waals surface area contributed by atoms with Gasteiger partial charge in [0, 0.05) is 26.3 Å². The summed E-state index contributed by atoms with van der Waals surface area (Å²) in [6, 6.07) is 5.65. The molecule has 1 N–H and O–H groups in total. The van der Waals surface area contributed by atoms with Crippen molar-refractivity contribution in [1.29, 1.82) is 0 Å². The first kappa shape index (κ1) is 17.1. The normalized spacial score (nSPS) is 11.3. The highest BCUT2D eigenvalue weighted by Crippen LogP contribution is 2.19. The van der Waals surface area contributed by atoms with Gasteiger partial charge in [0.1, 0.15) is 0 Å². The standard InChI is InChI=1S/C18H23N5O2/c1-4-5-6-7-10-23-17(24)15-16(21-18(23)25)20-14-11-12(22(2)3)8-9-13(14)19-15/h8-9,11H,4-7,10H2,1-3H3,(H,20,21,25). The second-order valence-electron chi connectivity index (χ2n) is 6.44. The van der Waals surface area contributed by atoms with E-state index in [4.69, 9.17) is 0 Å². The Bertz CT molecular complexity index is 1020. The van der Waals surface area contributed by atoms with Crippen LogP contribution in [0.5, 0.6) is 0 Å². The molecule has 0 bridgehead atoms. The number of aromatic nitrogens is 4. The molecule has 25 heavy (non-hydrogen) atoms. The van der Waals surface area contributed by atoms with Crippen LogP contribution in [-0.2, 0) is 6.54 Å². The summed E-state index contributed by atoms with van der Waals surface area (Å²) in [4.78, 5) is 38.5. The van der Waals surface area contributed by atoms with Gasteiger partial charge in [0.15, 0.2) is 11.2 Å². The maximum absolute atomic E-state index is 12.7. The molecule has 2 heterocycles. The third-order valence-corrected chi connectivity index (χ3v) is 4.32. The molecule has 0 aliphatic carbocycles. The van der Waals surface area contributed by atoms with Crippen LogP contribution in [0.15, 0.2) is 27.8 Å². The summed E-state index contributed by atoms with van der Waals surface area (Å²) in [5, 5.41) is 0. The van der Waals surface area contributed by atoms with Gasteiger partial charge in [0.25, 0.3) is 5.56 Å². The highest BCUT2D eigenvalue weighted by Gasteiger charge is 2.12. The number of nitrogens with one attached hydrogen (secondary N) is 1. The van der Waals surface area contributed by atoms with Crippen LogP contribution in [0.4, 0.5) is 5.69 Å². The lowest BCUT2D eigenvalue weighted by atomic mass is 10.2. The fraction of sp³-hybridized carbons (Fsp3) is 0.444. The largest absolute Gasteiger partial charge is 0.378 e. The quantitative estimate of drug-likeness (QED) is 0.549. The number of rotatable bonds is 6. The highest BCUT2D eigenvalue weighted by molar-refractivity contribution is 5.85. The van der Waals surface area contributed by atoms with Crippen LogP contribution in [0, 0.1) is 0 Å². The van der Waals surface area contributed by atoms with E-state index in [1.165, 1.54) is 4.57 Å². The number of benzene rings is 1. The highest BCUT2D eigenvalue weighted by atomic mass is 16.2. The molecule has 7 heteroatoms. The molecule has 7 nitrogen and oxygen atoms in total. The summed E-state index contributed by atoms with van der Waals surface area (Å²) in [5.41, 5.74) is 1.91. The monoisotopic (exact) mass is 341 g/mol. The average Bonchev–Trinajstić information content (AvgIpc) is 2.59. The van der Waals surface area contributed by atoms with Crippen molar-refractivity contribution in [3.05, 3.63) is 39.0 Å². The maximum Gasteiger partial charge on any atom is 0.330 e. The van der Waals surface area contributed by atoms with Crippen molar-refractivity contribution < 1.29 is 0 Å². The zero-order chi connectivity index (χ0) is 18.0. The van der Waals surface area contributed by atoms with Crippen molar-refractivity contribution in [2.24, 2.45) is 0 Å². The molecule has 3 rings (SSSR count). The Morgan fingerprint density at radius 2 is 1.88 bits per heavy atom. The minimum atomic E-state index is -0.425. The number of anilines is 1. The Balaban J connectivity index is 2.08. The van der Waals surface area contributed by atoms with Crippen LogP contribution in [-0.4, -0.2) is 33.6 Å². The van der Waals surface area contributed by atoms with Gasteiger partial charge in [-0.25, -0.2) is 14.8 Å². The number of nitrogens with zero attached hydrogens (tertiary/aromatic N) is 4. The minimum absolute atomic E-state index is 0.209. The number of unbranched alkanes of at least 4 members (excludes halogenated alkanes) is 3. The summed E-state index contributed by atoms with van der Waals surface area (Å²) in [5.74, 6) is 0. The molecule has 0 aliphatic rings. The minimum Gasteiger partial charge on any atom is -0.378 e. The number of hydrogen-bond acceptors (Lipinski definition) is 5. The SMILES string of the molecule is CCCCCCn1c(=O)[nH]c2nc3cc(N(C)C)ccc3nc2c1=O. The van der Waals surface area contributed by atoms with E-state index in [9.17, 15) is 9.59 Å². The molecule has 0 radical (unpaired) electrons. The van der Waals surface area contributed by atoms with Crippen LogP contribution in [0.25, 0.3) is 22.2 Å². The summed E-state index contributed by atoms with van der Waals surface area (Å²) in [6.07, 6.45) is 4.00. The molecule has 3 aromatic rings. The van der Waals surface area contributed by atoms with Crippen molar-refractivity contribution >= 4 is 27.9 Å². The van der Waals surface area contributed by atoms with E-state index in [-0.39, 0.29) is 16.7 Å². The van der Waals surface area contributed by atoms with Gasteiger partial charge in [-0.15, -0.1) is 0 Å². The summed E-state index contributed by atoms with van der Waals surface area (Å²) < 4.78 is 1.23. The van der Waals surface area contributed by atoms with Crippen molar-refractivity contribution in [3.63, 3.8) is 0 Å². The third-order valence-electron chi connectivity index (χ3n) is 4.32. The molecular formula is C18H23N5O2. The van der Waals surface area contributed by atoms with Crippen molar-refractivity contribution in [3.8, 4) is 0 Å². The smallest absolute Gasteiger partial charge is 0.330 e. The maximum atomic E-state index is 12.7. The fourth-order valence-corrected chi connectivity index (χ4v) is 2.85. The molecule has 0 unspecified atom stereocenters. The summed E-state index contributed by atoms with van der Waals surface area (Å²) in [6.45, 7) is 2.53. The second-order valence-corrected chi connectivity index (χ2v) is 6.44. The van der Waals surface area contributed by atoms with E-state index in [1.54, 1.807) is 0 Å². The average molecular weight is 341 g/mol. The molecule has 1 aromatic carbocycles. The first-order valence-electron chi connectivity index (χ1n) is 8.63. The predicted octanol–water partition coefficient (Wildman–Crippen LogP) is 2.28. The molecule has 0 aliphatic heterocycles. The number of fused-ring (bicyclic) bond motifs is 2. The van der Waals surface area contributed by atoms with Gasteiger partial charge in [-0.05, 0) is 24.6 Å². The summed E-state index contributed by atoms with van der Waals surface area (Å²) in [7, 11) is 3.88. The van der Waals surface area contributed by atoms with Crippen LogP contribution < -0.4 is 16.1 Å². The van der Waals surface area contributed by atoms with Gasteiger partial charge in [-0.1, -0.05) is 26.2 Å². The lowest BCUT2D eigenvalue weighted by Crippen LogP contribution is -2.35. The first-order chi connectivity index (χ1) is 12.0. The molecule has 0 amide bonds. The zero-order valence-corrected chi connectivity index (χ0v) is 14.9. The van der Waals surface area contributed by atoms with E-state index in [0.29, 0.717) is 17.6 Å². The zero-order valence-electron chi connectivity index (χ0n) is 14.9. The van der Waals surface area contributed by atoms with Gasteiger partial charge in [-0.3, -0.25) is 14.3 Å². The molecule has 132 valence electrons. The molecule has 0 spiro atoms. The third kappa shape index (κ3) is 3.40. The molecular weight excluding hydrogens is 318 g/mol. The molecule has 0 saturated carbocycles. The van der Waals surface area contributed by atoms with Crippen LogP contribution >= 0.6 is 0 Å².